The molecule has 7 heteroatoms. The second-order valence-corrected chi connectivity index (χ2v) is 10.8. The monoisotopic (exact) mass is 489 g/mol. The van der Waals surface area contributed by atoms with Gasteiger partial charge in [-0.05, 0) is 48.2 Å². The van der Waals surface area contributed by atoms with E-state index in [9.17, 15) is 9.90 Å². The molecule has 1 aromatic heterocycles. The van der Waals surface area contributed by atoms with E-state index in [0.29, 0.717) is 5.91 Å². The number of amides is 1. The summed E-state index contributed by atoms with van der Waals surface area (Å²) in [6.07, 6.45) is 3.22. The summed E-state index contributed by atoms with van der Waals surface area (Å²) in [6, 6.07) is 14.3. The van der Waals surface area contributed by atoms with Crippen molar-refractivity contribution >= 4 is 16.8 Å². The Morgan fingerprint density at radius 2 is 1.72 bits per heavy atom. The predicted molar refractivity (Wildman–Crippen MR) is 138 cm³/mol. The number of nitrogens with zero attached hydrogens (tertiary/aromatic N) is 3. The zero-order valence-corrected chi connectivity index (χ0v) is 21.4. The lowest BCUT2D eigenvalue weighted by Crippen LogP contribution is -2.68. The maximum atomic E-state index is 13.1. The van der Waals surface area contributed by atoms with Crippen LogP contribution in [0.1, 0.15) is 42.1 Å². The summed E-state index contributed by atoms with van der Waals surface area (Å²) in [5, 5.41) is 11.9. The molecule has 0 unspecified atom stereocenters. The molecule has 190 valence electrons. The molecule has 1 saturated carbocycles. The number of aliphatic hydroxyl groups is 1. The largest absolute Gasteiger partial charge is 0.497 e. The van der Waals surface area contributed by atoms with Crippen LogP contribution in [0.15, 0.2) is 42.5 Å². The van der Waals surface area contributed by atoms with Gasteiger partial charge in [0.05, 0.1) is 32.4 Å². The average Bonchev–Trinajstić information content (AvgIpc) is 3.13. The van der Waals surface area contributed by atoms with Crippen LogP contribution in [0.2, 0.25) is 0 Å². The highest BCUT2D eigenvalue weighted by Gasteiger charge is 2.55. The molecule has 36 heavy (non-hydrogen) atoms. The van der Waals surface area contributed by atoms with E-state index in [1.807, 2.05) is 18.2 Å². The summed E-state index contributed by atoms with van der Waals surface area (Å²) in [6.45, 7) is 3.02. The van der Waals surface area contributed by atoms with Crippen LogP contribution >= 0.6 is 0 Å². The van der Waals surface area contributed by atoms with Crippen LogP contribution in [-0.2, 0) is 23.8 Å². The zero-order valence-electron chi connectivity index (χ0n) is 21.4. The Bertz CT molecular complexity index is 1290. The molecule has 3 heterocycles. The third-order valence-electron chi connectivity index (χ3n) is 8.72. The molecule has 7 nitrogen and oxygen atoms in total. The predicted octanol–water partition coefficient (Wildman–Crippen LogP) is 3.62. The molecule has 1 amide bonds. The Kier molecular flexibility index (Phi) is 5.73. The van der Waals surface area contributed by atoms with E-state index in [1.54, 1.807) is 14.2 Å². The Morgan fingerprint density at radius 1 is 1.03 bits per heavy atom. The summed E-state index contributed by atoms with van der Waals surface area (Å²) < 4.78 is 13.1. The van der Waals surface area contributed by atoms with Gasteiger partial charge in [-0.25, -0.2) is 0 Å². The van der Waals surface area contributed by atoms with Crippen LogP contribution < -0.4 is 9.47 Å². The minimum atomic E-state index is -0.152. The van der Waals surface area contributed by atoms with Crippen molar-refractivity contribution in [2.45, 2.75) is 37.3 Å². The molecule has 0 bridgehead atoms. The number of fused-ring (bicyclic) bond motifs is 4. The molecular formula is C29H35N3O4. The van der Waals surface area contributed by atoms with E-state index in [4.69, 9.17) is 9.47 Å². The quantitative estimate of drug-likeness (QED) is 0.573. The molecule has 1 spiro atoms. The van der Waals surface area contributed by atoms with Crippen molar-refractivity contribution < 1.29 is 19.4 Å². The van der Waals surface area contributed by atoms with Crippen molar-refractivity contribution in [1.82, 2.24) is 14.4 Å². The summed E-state index contributed by atoms with van der Waals surface area (Å²) >= 11 is 0. The SMILES string of the molecule is COc1ccc(CN2CC3(CN(C(=O)C4CCC4)C3)c3c(n(C)c4cc(OC)ccc34)[C@@H]2CO)cc1. The molecule has 0 radical (unpaired) electrons. The Labute approximate surface area is 212 Å². The van der Waals surface area contributed by atoms with Crippen LogP contribution in [0.5, 0.6) is 11.5 Å². The average molecular weight is 490 g/mol. The summed E-state index contributed by atoms with van der Waals surface area (Å²) in [7, 11) is 5.45. The lowest BCUT2D eigenvalue weighted by Gasteiger charge is -2.57. The molecule has 1 aliphatic carbocycles. The first-order chi connectivity index (χ1) is 17.5. The number of rotatable bonds is 6. The van der Waals surface area contributed by atoms with E-state index < -0.39 is 0 Å². The molecular weight excluding hydrogens is 454 g/mol. The van der Waals surface area contributed by atoms with Crippen molar-refractivity contribution in [3.63, 3.8) is 0 Å². The van der Waals surface area contributed by atoms with Gasteiger partial charge in [0.1, 0.15) is 11.5 Å². The van der Waals surface area contributed by atoms with Gasteiger partial charge in [0.2, 0.25) is 5.91 Å². The van der Waals surface area contributed by atoms with E-state index >= 15 is 0 Å². The number of aromatic nitrogens is 1. The molecule has 2 fully saturated rings. The second kappa shape index (κ2) is 8.82. The molecule has 3 aromatic rings. The molecule has 2 aromatic carbocycles. The first-order valence-corrected chi connectivity index (χ1v) is 12.9. The number of hydrogen-bond donors (Lipinski definition) is 1. The lowest BCUT2D eigenvalue weighted by molar-refractivity contribution is -0.148. The Morgan fingerprint density at radius 3 is 2.33 bits per heavy atom. The van der Waals surface area contributed by atoms with E-state index in [-0.39, 0.29) is 24.0 Å². The van der Waals surface area contributed by atoms with Gasteiger partial charge in [0.25, 0.3) is 0 Å². The standard InChI is InChI=1S/C29H35N3O4/c1-30-24-13-22(36-3)11-12-23(24)26-27(30)25(15-33)31(14-19-7-9-21(35-2)10-8-19)16-29(26)17-32(18-29)28(34)20-5-4-6-20/h7-13,20,25,33H,4-6,14-18H2,1-3H3/t25-/m0/s1. The number of aliphatic hydroxyl groups excluding tert-OH is 1. The Balaban J connectivity index is 1.42. The third-order valence-corrected chi connectivity index (χ3v) is 8.72. The molecule has 2 aliphatic heterocycles. The van der Waals surface area contributed by atoms with E-state index in [1.165, 1.54) is 22.9 Å². The zero-order chi connectivity index (χ0) is 25.0. The van der Waals surface area contributed by atoms with Crippen molar-refractivity contribution in [2.24, 2.45) is 13.0 Å². The number of aryl methyl sites for hydroxylation is 1. The van der Waals surface area contributed by atoms with Crippen molar-refractivity contribution in [3.8, 4) is 11.5 Å². The molecule has 1 N–H and O–H groups in total. The Hall–Kier alpha value is -3.03. The van der Waals surface area contributed by atoms with Crippen LogP contribution in [0, 0.1) is 5.92 Å². The van der Waals surface area contributed by atoms with Gasteiger partial charge in [-0.3, -0.25) is 9.69 Å². The van der Waals surface area contributed by atoms with Gasteiger partial charge in [-0.15, -0.1) is 0 Å². The van der Waals surface area contributed by atoms with Crippen LogP contribution in [0.3, 0.4) is 0 Å². The van der Waals surface area contributed by atoms with Gasteiger partial charge in [-0.1, -0.05) is 18.6 Å². The smallest absolute Gasteiger partial charge is 0.225 e. The third kappa shape index (κ3) is 3.51. The van der Waals surface area contributed by atoms with E-state index in [0.717, 1.165) is 61.7 Å². The van der Waals surface area contributed by atoms with Gasteiger partial charge < -0.3 is 24.0 Å². The maximum Gasteiger partial charge on any atom is 0.225 e. The van der Waals surface area contributed by atoms with Crippen LogP contribution in [-0.4, -0.2) is 65.8 Å². The van der Waals surface area contributed by atoms with Crippen molar-refractivity contribution in [2.75, 3.05) is 40.5 Å². The minimum Gasteiger partial charge on any atom is -0.497 e. The minimum absolute atomic E-state index is 0.0330. The van der Waals surface area contributed by atoms with Crippen molar-refractivity contribution in [1.29, 1.82) is 0 Å². The van der Waals surface area contributed by atoms with E-state index in [2.05, 4.69) is 45.7 Å². The second-order valence-electron chi connectivity index (χ2n) is 10.8. The lowest BCUT2D eigenvalue weighted by atomic mass is 9.68. The highest BCUT2D eigenvalue weighted by atomic mass is 16.5. The first kappa shape index (κ1) is 23.4. The fourth-order valence-electron chi connectivity index (χ4n) is 6.61. The normalized spacial score (nSPS) is 21.2. The summed E-state index contributed by atoms with van der Waals surface area (Å²) in [4.78, 5) is 17.6. The fourth-order valence-corrected chi connectivity index (χ4v) is 6.61. The summed E-state index contributed by atoms with van der Waals surface area (Å²) in [5.41, 5.74) is 4.57. The van der Waals surface area contributed by atoms with Gasteiger partial charge in [-0.2, -0.15) is 0 Å². The number of methoxy groups -OCH3 is 2. The van der Waals surface area contributed by atoms with Gasteiger partial charge in [0, 0.05) is 61.7 Å². The summed E-state index contributed by atoms with van der Waals surface area (Å²) in [5.74, 6) is 2.19. The molecule has 1 saturated heterocycles. The van der Waals surface area contributed by atoms with Gasteiger partial charge in [0.15, 0.2) is 0 Å². The molecule has 1 atom stereocenters. The maximum absolute atomic E-state index is 13.1. The van der Waals surface area contributed by atoms with Crippen molar-refractivity contribution in [3.05, 3.63) is 59.3 Å². The number of hydrogen-bond acceptors (Lipinski definition) is 5. The van der Waals surface area contributed by atoms with Crippen LogP contribution in [0.4, 0.5) is 0 Å². The van der Waals surface area contributed by atoms with Gasteiger partial charge >= 0.3 is 0 Å². The number of ether oxygens (including phenoxy) is 2. The van der Waals surface area contributed by atoms with Crippen LogP contribution in [0.25, 0.3) is 10.9 Å². The number of carbonyl (C=O) groups is 1. The number of benzene rings is 2. The fraction of sp³-hybridized carbons (Fsp3) is 0.483. The molecule has 3 aliphatic rings. The first-order valence-electron chi connectivity index (χ1n) is 12.9. The molecule has 6 rings (SSSR count). The highest BCUT2D eigenvalue weighted by Crippen LogP contribution is 2.50. The number of carbonyl (C=O) groups excluding carboxylic acids is 1. The highest BCUT2D eigenvalue weighted by molar-refractivity contribution is 5.90. The topological polar surface area (TPSA) is 67.2 Å². The number of likely N-dealkylation sites (tertiary alicyclic amines) is 1.